The van der Waals surface area contributed by atoms with Gasteiger partial charge in [0.15, 0.2) is 10.8 Å². The van der Waals surface area contributed by atoms with Crippen molar-refractivity contribution in [2.45, 2.75) is 13.0 Å². The molecule has 1 unspecified atom stereocenters. The van der Waals surface area contributed by atoms with Crippen LogP contribution in [0.5, 0.6) is 0 Å². The number of imidazole rings is 1. The molecule has 0 amide bonds. The molecule has 2 heterocycles. The van der Waals surface area contributed by atoms with Crippen LogP contribution in [-0.2, 0) is 16.1 Å². The largest absolute Gasteiger partial charge is 0.469 e. The van der Waals surface area contributed by atoms with Crippen molar-refractivity contribution in [1.82, 2.24) is 19.5 Å². The molecule has 0 aromatic carbocycles. The highest BCUT2D eigenvalue weighted by molar-refractivity contribution is 6.33. The third kappa shape index (κ3) is 2.81. The molecule has 0 bridgehead atoms. The molecule has 0 radical (unpaired) electrons. The fraction of sp³-hybridized carbons (Fsp3) is 0.455. The number of esters is 1. The number of carbonyl (C=O) groups excluding carboxylic acids is 1. The second kappa shape index (κ2) is 6.02. The van der Waals surface area contributed by atoms with E-state index >= 15 is 0 Å². The number of aliphatic hydroxyl groups is 1. The maximum absolute atomic E-state index is 11.4. The Bertz CT molecular complexity index is 630. The Morgan fingerprint density at radius 2 is 2.35 bits per heavy atom. The van der Waals surface area contributed by atoms with E-state index in [-0.39, 0.29) is 17.7 Å². The number of nitrogen functional groups attached to an aromatic ring is 1. The van der Waals surface area contributed by atoms with Gasteiger partial charge >= 0.3 is 5.97 Å². The number of anilines is 1. The number of aromatic nitrogens is 4. The quantitative estimate of drug-likeness (QED) is 0.599. The van der Waals surface area contributed by atoms with Gasteiger partial charge in [-0.1, -0.05) is 11.6 Å². The van der Waals surface area contributed by atoms with Gasteiger partial charge in [0.05, 0.1) is 26.0 Å². The highest BCUT2D eigenvalue weighted by Crippen LogP contribution is 2.20. The summed E-state index contributed by atoms with van der Waals surface area (Å²) >= 11 is 5.92. The third-order valence-electron chi connectivity index (χ3n) is 2.91. The Hall–Kier alpha value is -1.93. The monoisotopic (exact) mass is 299 g/mol. The molecule has 1 atom stereocenters. The molecule has 0 fully saturated rings. The van der Waals surface area contributed by atoms with E-state index in [0.29, 0.717) is 24.1 Å². The molecule has 2 aromatic rings. The van der Waals surface area contributed by atoms with E-state index in [1.165, 1.54) is 13.4 Å². The standard InChI is InChI=1S/C11H14ClN5O3/c1-20-10(19)6(4-18)2-3-17-5-14-7-8(12)15-11(13)16-9(7)17/h5-6,18H,2-4H2,1H3,(H2,13,15,16). The third-order valence-corrected chi connectivity index (χ3v) is 3.18. The fourth-order valence-electron chi connectivity index (χ4n) is 1.83. The van der Waals surface area contributed by atoms with Crippen molar-refractivity contribution >= 4 is 34.7 Å². The fourth-order valence-corrected chi connectivity index (χ4v) is 2.05. The molecule has 0 aliphatic rings. The number of hydrogen-bond donors (Lipinski definition) is 2. The van der Waals surface area contributed by atoms with Crippen molar-refractivity contribution in [2.24, 2.45) is 5.92 Å². The highest BCUT2D eigenvalue weighted by atomic mass is 35.5. The smallest absolute Gasteiger partial charge is 0.311 e. The number of nitrogens with zero attached hydrogens (tertiary/aromatic N) is 4. The molecule has 0 saturated heterocycles. The number of halogens is 1. The first-order valence-electron chi connectivity index (χ1n) is 5.89. The van der Waals surface area contributed by atoms with Crippen molar-refractivity contribution in [1.29, 1.82) is 0 Å². The second-order valence-corrected chi connectivity index (χ2v) is 4.53. The SMILES string of the molecule is COC(=O)C(CO)CCn1cnc2c(Cl)nc(N)nc21. The van der Waals surface area contributed by atoms with Crippen LogP contribution in [0.15, 0.2) is 6.33 Å². The lowest BCUT2D eigenvalue weighted by Gasteiger charge is -2.12. The van der Waals surface area contributed by atoms with Crippen molar-refractivity contribution in [3.63, 3.8) is 0 Å². The number of nitrogens with two attached hydrogens (primary N) is 1. The Morgan fingerprint density at radius 3 is 3.00 bits per heavy atom. The zero-order valence-corrected chi connectivity index (χ0v) is 11.5. The van der Waals surface area contributed by atoms with E-state index in [0.717, 1.165) is 0 Å². The van der Waals surface area contributed by atoms with E-state index in [4.69, 9.17) is 22.4 Å². The number of aryl methyl sites for hydroxylation is 1. The van der Waals surface area contributed by atoms with Crippen LogP contribution in [0.25, 0.3) is 11.2 Å². The first-order valence-corrected chi connectivity index (χ1v) is 6.27. The summed E-state index contributed by atoms with van der Waals surface area (Å²) < 4.78 is 6.31. The summed E-state index contributed by atoms with van der Waals surface area (Å²) in [6.07, 6.45) is 1.92. The number of rotatable bonds is 5. The van der Waals surface area contributed by atoms with Gasteiger partial charge in [-0.3, -0.25) is 4.79 Å². The topological polar surface area (TPSA) is 116 Å². The maximum Gasteiger partial charge on any atom is 0.311 e. The number of hydrogen-bond acceptors (Lipinski definition) is 7. The molecule has 0 saturated carbocycles. The van der Waals surface area contributed by atoms with Gasteiger partial charge in [-0.05, 0) is 6.42 Å². The molecule has 0 aliphatic carbocycles. The van der Waals surface area contributed by atoms with Crippen molar-refractivity contribution < 1.29 is 14.6 Å². The summed E-state index contributed by atoms with van der Waals surface area (Å²) in [5, 5.41) is 9.34. The van der Waals surface area contributed by atoms with Crippen LogP contribution in [0.4, 0.5) is 5.95 Å². The highest BCUT2D eigenvalue weighted by Gasteiger charge is 2.19. The normalized spacial score (nSPS) is 12.6. The van der Waals surface area contributed by atoms with E-state index in [2.05, 4.69) is 19.7 Å². The van der Waals surface area contributed by atoms with E-state index in [1.54, 1.807) is 4.57 Å². The predicted octanol–water partition coefficient (Wildman–Crippen LogP) is 0.233. The molecule has 0 spiro atoms. The maximum atomic E-state index is 11.4. The van der Waals surface area contributed by atoms with Gasteiger partial charge in [-0.2, -0.15) is 9.97 Å². The Labute approximate surface area is 119 Å². The lowest BCUT2D eigenvalue weighted by Crippen LogP contribution is -2.21. The van der Waals surface area contributed by atoms with Gasteiger partial charge in [0.1, 0.15) is 5.52 Å². The minimum Gasteiger partial charge on any atom is -0.469 e. The summed E-state index contributed by atoms with van der Waals surface area (Å²) in [5.74, 6) is -0.993. The van der Waals surface area contributed by atoms with Crippen LogP contribution in [0.2, 0.25) is 5.15 Å². The summed E-state index contributed by atoms with van der Waals surface area (Å²) in [6.45, 7) is 0.140. The molecule has 2 rings (SSSR count). The van der Waals surface area contributed by atoms with Crippen LogP contribution >= 0.6 is 11.6 Å². The molecule has 2 aromatic heterocycles. The zero-order chi connectivity index (χ0) is 14.7. The molecule has 0 aliphatic heterocycles. The van der Waals surface area contributed by atoms with Gasteiger partial charge in [0.2, 0.25) is 5.95 Å². The molecule has 20 heavy (non-hydrogen) atoms. The lowest BCUT2D eigenvalue weighted by molar-refractivity contribution is -0.147. The van der Waals surface area contributed by atoms with Crippen LogP contribution in [0, 0.1) is 5.92 Å². The molecule has 108 valence electrons. The van der Waals surface area contributed by atoms with Gasteiger partial charge in [0, 0.05) is 6.54 Å². The Morgan fingerprint density at radius 1 is 1.60 bits per heavy atom. The Kier molecular flexibility index (Phi) is 4.35. The number of ether oxygens (including phenoxy) is 1. The summed E-state index contributed by atoms with van der Waals surface area (Å²) in [6, 6.07) is 0. The van der Waals surface area contributed by atoms with Gasteiger partial charge in [0.25, 0.3) is 0 Å². The second-order valence-electron chi connectivity index (χ2n) is 4.17. The Balaban J connectivity index is 2.20. The van der Waals surface area contributed by atoms with Crippen LogP contribution in [-0.4, -0.2) is 44.3 Å². The molecule has 3 N–H and O–H groups in total. The summed E-state index contributed by atoms with van der Waals surface area (Å²) in [5.41, 5.74) is 6.48. The first kappa shape index (κ1) is 14.5. The summed E-state index contributed by atoms with van der Waals surface area (Å²) in [4.78, 5) is 23.4. The summed E-state index contributed by atoms with van der Waals surface area (Å²) in [7, 11) is 1.28. The van der Waals surface area contributed by atoms with Crippen molar-refractivity contribution in [2.75, 3.05) is 19.5 Å². The molecular formula is C11H14ClN5O3. The van der Waals surface area contributed by atoms with Crippen LogP contribution < -0.4 is 5.73 Å². The molecular weight excluding hydrogens is 286 g/mol. The van der Waals surface area contributed by atoms with Gasteiger partial charge in [-0.15, -0.1) is 0 Å². The van der Waals surface area contributed by atoms with Gasteiger partial charge < -0.3 is 20.1 Å². The zero-order valence-electron chi connectivity index (χ0n) is 10.8. The number of methoxy groups -OCH3 is 1. The van der Waals surface area contributed by atoms with E-state index in [9.17, 15) is 4.79 Å². The van der Waals surface area contributed by atoms with Crippen LogP contribution in [0.3, 0.4) is 0 Å². The van der Waals surface area contributed by atoms with Crippen molar-refractivity contribution in [3.8, 4) is 0 Å². The lowest BCUT2D eigenvalue weighted by atomic mass is 10.1. The number of aliphatic hydroxyl groups excluding tert-OH is 1. The van der Waals surface area contributed by atoms with Crippen molar-refractivity contribution in [3.05, 3.63) is 11.5 Å². The van der Waals surface area contributed by atoms with E-state index < -0.39 is 11.9 Å². The molecule has 9 heteroatoms. The van der Waals surface area contributed by atoms with Crippen LogP contribution in [0.1, 0.15) is 6.42 Å². The minimum absolute atomic E-state index is 0.0518. The predicted molar refractivity (Wildman–Crippen MR) is 72.0 cm³/mol. The average molecular weight is 300 g/mol. The number of carbonyl (C=O) groups is 1. The van der Waals surface area contributed by atoms with E-state index in [1.807, 2.05) is 0 Å². The number of fused-ring (bicyclic) bond motifs is 1. The minimum atomic E-state index is -0.591. The van der Waals surface area contributed by atoms with Gasteiger partial charge in [-0.25, -0.2) is 4.98 Å². The first-order chi connectivity index (χ1) is 9.56. The molecule has 8 nitrogen and oxygen atoms in total. The average Bonchev–Trinajstić information content (AvgIpc) is 2.82.